The molecular formula is C7H9BrN2S. The fraction of sp³-hybridized carbons (Fsp3) is 0.571. The molecule has 0 aliphatic carbocycles. The molecule has 1 aromatic heterocycles. The Morgan fingerprint density at radius 3 is 3.18 bits per heavy atom. The van der Waals surface area contributed by atoms with E-state index in [0.29, 0.717) is 6.04 Å². The molecule has 0 saturated carbocycles. The molecule has 1 fully saturated rings. The molecule has 1 aliphatic rings. The van der Waals surface area contributed by atoms with E-state index in [-0.39, 0.29) is 0 Å². The number of rotatable bonds is 1. The number of thiazole rings is 1. The Bertz CT molecular complexity index is 242. The van der Waals surface area contributed by atoms with Crippen LogP contribution in [0.3, 0.4) is 0 Å². The molecule has 0 amide bonds. The third-order valence-corrected chi connectivity index (χ3v) is 3.44. The molecule has 0 bridgehead atoms. The molecule has 11 heavy (non-hydrogen) atoms. The van der Waals surface area contributed by atoms with Crippen LogP contribution in [-0.2, 0) is 0 Å². The summed E-state index contributed by atoms with van der Waals surface area (Å²) in [6, 6.07) is 0.520. The molecule has 1 saturated heterocycles. The molecule has 60 valence electrons. The third-order valence-electron chi connectivity index (χ3n) is 1.85. The SMILES string of the molecule is Brc1cnc(C2CCCN2)s1. The number of halogens is 1. The fourth-order valence-electron chi connectivity index (χ4n) is 1.32. The highest BCUT2D eigenvalue weighted by Crippen LogP contribution is 2.29. The van der Waals surface area contributed by atoms with Crippen molar-refractivity contribution in [1.82, 2.24) is 10.3 Å². The van der Waals surface area contributed by atoms with Crippen molar-refractivity contribution in [3.05, 3.63) is 15.0 Å². The highest BCUT2D eigenvalue weighted by atomic mass is 79.9. The summed E-state index contributed by atoms with van der Waals surface area (Å²) >= 11 is 5.14. The molecule has 2 nitrogen and oxygen atoms in total. The standard InChI is InChI=1S/C7H9BrN2S/c8-6-4-10-7(11-6)5-2-1-3-9-5/h4-5,9H,1-3H2. The summed E-state index contributed by atoms with van der Waals surface area (Å²) in [5, 5.41) is 4.63. The quantitative estimate of drug-likeness (QED) is 0.805. The minimum absolute atomic E-state index is 0.520. The van der Waals surface area contributed by atoms with Gasteiger partial charge in [-0.2, -0.15) is 0 Å². The van der Waals surface area contributed by atoms with Gasteiger partial charge < -0.3 is 5.32 Å². The van der Waals surface area contributed by atoms with Crippen LogP contribution in [0.1, 0.15) is 23.9 Å². The number of aromatic nitrogens is 1. The maximum Gasteiger partial charge on any atom is 0.111 e. The van der Waals surface area contributed by atoms with Crippen molar-refractivity contribution in [3.63, 3.8) is 0 Å². The zero-order valence-corrected chi connectivity index (χ0v) is 8.41. The second-order valence-electron chi connectivity index (χ2n) is 2.65. The summed E-state index contributed by atoms with van der Waals surface area (Å²) in [6.07, 6.45) is 4.39. The normalized spacial score (nSPS) is 24.3. The van der Waals surface area contributed by atoms with Crippen LogP contribution in [0.5, 0.6) is 0 Å². The predicted molar refractivity (Wildman–Crippen MR) is 49.8 cm³/mol. The van der Waals surface area contributed by atoms with Crippen LogP contribution in [0.25, 0.3) is 0 Å². The van der Waals surface area contributed by atoms with Gasteiger partial charge in [-0.1, -0.05) is 0 Å². The number of hydrogen-bond donors (Lipinski definition) is 1. The molecule has 1 atom stereocenters. The molecule has 0 spiro atoms. The van der Waals surface area contributed by atoms with Crippen molar-refractivity contribution < 1.29 is 0 Å². The summed E-state index contributed by atoms with van der Waals surface area (Å²) in [6.45, 7) is 1.14. The van der Waals surface area contributed by atoms with Crippen LogP contribution < -0.4 is 5.32 Å². The average molecular weight is 233 g/mol. The second-order valence-corrected chi connectivity index (χ2v) is 5.09. The Kier molecular flexibility index (Phi) is 2.25. The minimum atomic E-state index is 0.520. The Morgan fingerprint density at radius 2 is 2.64 bits per heavy atom. The molecule has 2 rings (SSSR count). The van der Waals surface area contributed by atoms with Crippen molar-refractivity contribution in [1.29, 1.82) is 0 Å². The van der Waals surface area contributed by atoms with Crippen molar-refractivity contribution in [2.24, 2.45) is 0 Å². The number of nitrogens with zero attached hydrogens (tertiary/aromatic N) is 1. The Hall–Kier alpha value is 0.0700. The van der Waals surface area contributed by atoms with Gasteiger partial charge in [0, 0.05) is 0 Å². The van der Waals surface area contributed by atoms with Gasteiger partial charge in [-0.3, -0.25) is 0 Å². The van der Waals surface area contributed by atoms with Gasteiger partial charge in [0.1, 0.15) is 5.01 Å². The summed E-state index contributed by atoms with van der Waals surface area (Å²) in [7, 11) is 0. The first-order valence-corrected chi connectivity index (χ1v) is 5.32. The van der Waals surface area contributed by atoms with Gasteiger partial charge in [-0.05, 0) is 35.3 Å². The van der Waals surface area contributed by atoms with Gasteiger partial charge >= 0.3 is 0 Å². The topological polar surface area (TPSA) is 24.9 Å². The summed E-state index contributed by atoms with van der Waals surface area (Å²) in [5.74, 6) is 0. The Labute approximate surface area is 78.2 Å². The van der Waals surface area contributed by atoms with Crippen molar-refractivity contribution in [2.45, 2.75) is 18.9 Å². The van der Waals surface area contributed by atoms with Crippen LogP contribution in [0.15, 0.2) is 9.98 Å². The highest BCUT2D eigenvalue weighted by molar-refractivity contribution is 9.11. The minimum Gasteiger partial charge on any atom is -0.308 e. The van der Waals surface area contributed by atoms with Crippen LogP contribution in [0, 0.1) is 0 Å². The molecule has 2 heterocycles. The first kappa shape index (κ1) is 7.71. The van der Waals surface area contributed by atoms with Crippen molar-refractivity contribution >= 4 is 27.3 Å². The summed E-state index contributed by atoms with van der Waals surface area (Å²) < 4.78 is 1.13. The lowest BCUT2D eigenvalue weighted by Crippen LogP contribution is -2.12. The molecule has 0 radical (unpaired) electrons. The molecule has 1 aliphatic heterocycles. The molecule has 0 aromatic carbocycles. The van der Waals surface area contributed by atoms with Gasteiger partial charge in [-0.15, -0.1) is 11.3 Å². The smallest absolute Gasteiger partial charge is 0.111 e. The first-order valence-electron chi connectivity index (χ1n) is 3.71. The van der Waals surface area contributed by atoms with Gasteiger partial charge in [-0.25, -0.2) is 4.98 Å². The van der Waals surface area contributed by atoms with Gasteiger partial charge in [0.2, 0.25) is 0 Å². The maximum atomic E-state index is 4.31. The Balaban J connectivity index is 2.15. The monoisotopic (exact) mass is 232 g/mol. The average Bonchev–Trinajstić information content (AvgIpc) is 2.55. The Morgan fingerprint density at radius 1 is 1.73 bits per heavy atom. The highest BCUT2D eigenvalue weighted by Gasteiger charge is 2.18. The van der Waals surface area contributed by atoms with Crippen LogP contribution in [0.2, 0.25) is 0 Å². The molecule has 1 N–H and O–H groups in total. The van der Waals surface area contributed by atoms with E-state index in [1.54, 1.807) is 11.3 Å². The number of nitrogens with one attached hydrogen (secondary N) is 1. The molecule has 1 aromatic rings. The van der Waals surface area contributed by atoms with Gasteiger partial charge in [0.05, 0.1) is 16.0 Å². The fourth-order valence-corrected chi connectivity index (χ4v) is 2.68. The zero-order chi connectivity index (χ0) is 7.68. The van der Waals surface area contributed by atoms with E-state index in [0.717, 1.165) is 10.3 Å². The van der Waals surface area contributed by atoms with E-state index in [9.17, 15) is 0 Å². The first-order chi connectivity index (χ1) is 5.36. The second kappa shape index (κ2) is 3.21. The summed E-state index contributed by atoms with van der Waals surface area (Å²) in [5.41, 5.74) is 0. The van der Waals surface area contributed by atoms with Gasteiger partial charge in [0.15, 0.2) is 0 Å². The molecule has 4 heteroatoms. The van der Waals surface area contributed by atoms with Crippen LogP contribution in [-0.4, -0.2) is 11.5 Å². The van der Waals surface area contributed by atoms with E-state index in [1.807, 2.05) is 6.20 Å². The largest absolute Gasteiger partial charge is 0.308 e. The molecular weight excluding hydrogens is 224 g/mol. The van der Waals surface area contributed by atoms with Crippen molar-refractivity contribution in [2.75, 3.05) is 6.54 Å². The van der Waals surface area contributed by atoms with Crippen LogP contribution in [0.4, 0.5) is 0 Å². The number of hydrogen-bond acceptors (Lipinski definition) is 3. The van der Waals surface area contributed by atoms with E-state index in [1.165, 1.54) is 17.8 Å². The lowest BCUT2D eigenvalue weighted by Gasteiger charge is -2.03. The van der Waals surface area contributed by atoms with Gasteiger partial charge in [0.25, 0.3) is 0 Å². The predicted octanol–water partition coefficient (Wildman–Crippen LogP) is 2.33. The molecule has 1 unspecified atom stereocenters. The van der Waals surface area contributed by atoms with Crippen molar-refractivity contribution in [3.8, 4) is 0 Å². The lowest BCUT2D eigenvalue weighted by atomic mass is 10.2. The third kappa shape index (κ3) is 1.63. The maximum absolute atomic E-state index is 4.31. The summed E-state index contributed by atoms with van der Waals surface area (Å²) in [4.78, 5) is 4.31. The zero-order valence-electron chi connectivity index (χ0n) is 6.01. The van der Waals surface area contributed by atoms with E-state index in [2.05, 4.69) is 26.2 Å². The van der Waals surface area contributed by atoms with E-state index >= 15 is 0 Å². The van der Waals surface area contributed by atoms with E-state index in [4.69, 9.17) is 0 Å². The van der Waals surface area contributed by atoms with E-state index < -0.39 is 0 Å². The van der Waals surface area contributed by atoms with Crippen LogP contribution >= 0.6 is 27.3 Å². The lowest BCUT2D eigenvalue weighted by molar-refractivity contribution is 0.643.